The second kappa shape index (κ2) is 35.6. The highest BCUT2D eigenvalue weighted by Gasteiger charge is 2.43. The van der Waals surface area contributed by atoms with Gasteiger partial charge in [0, 0.05) is 24.1 Å². The van der Waals surface area contributed by atoms with Gasteiger partial charge in [0.1, 0.15) is 34.3 Å². The van der Waals surface area contributed by atoms with Gasteiger partial charge in [0.25, 0.3) is 0 Å². The first-order valence-corrected chi connectivity index (χ1v) is 35.2. The van der Waals surface area contributed by atoms with Crippen molar-refractivity contribution in [3.05, 3.63) is 199 Å². The van der Waals surface area contributed by atoms with Crippen LogP contribution in [0, 0.1) is 29.6 Å². The van der Waals surface area contributed by atoms with Crippen molar-refractivity contribution in [2.75, 3.05) is 33.0 Å². The summed E-state index contributed by atoms with van der Waals surface area (Å²) in [5.41, 5.74) is 4.25. The fourth-order valence-corrected chi connectivity index (χ4v) is 13.9. The van der Waals surface area contributed by atoms with Crippen molar-refractivity contribution in [2.45, 2.75) is 141 Å². The number of fused-ring (bicyclic) bond motifs is 1. The first-order chi connectivity index (χ1) is 48.2. The Morgan fingerprint density at radius 1 is 0.434 bits per heavy atom. The lowest BCUT2D eigenvalue weighted by Crippen LogP contribution is -2.38. The van der Waals surface area contributed by atoms with Crippen LogP contribution in [0.1, 0.15) is 172 Å². The topological polar surface area (TPSA) is 203 Å². The summed E-state index contributed by atoms with van der Waals surface area (Å²) < 4.78 is 51.7. The minimum Gasteiger partial charge on any atom is -0.494 e. The standard InChI is InChI=1S/C83H90O16/c1-5-13-56-14-16-57(17-15-56)60-46-48-83(49-47-60,99-82(90)65-30-38-71(39-31-65)96-79(87)63-24-22-62(23-25-63)78(86)95-52-11-9-10-51-93-75(84)7-3)68-34-26-59(27-35-68)58-18-20-61(21-19-58)77-73-44-32-67(81(89)97-72-42-40-70(41-43-72)91-50-6-2)55-66(73)33-45-74(77)98-80(88)64-28-36-69(37-29-64)92-53-12-54-94-76(85)8-4/h7-8,18-21,26-45,55-57,60,62-63H,3-6,9-17,22-25,46-54H2,1-2H3. The van der Waals surface area contributed by atoms with Crippen LogP contribution in [0.2, 0.25) is 0 Å². The number of ether oxygens (including phenoxy) is 9. The van der Waals surface area contributed by atoms with Gasteiger partial charge >= 0.3 is 41.8 Å². The van der Waals surface area contributed by atoms with E-state index in [1.165, 1.54) is 38.5 Å². The van der Waals surface area contributed by atoms with Crippen LogP contribution in [0.25, 0.3) is 33.0 Å². The average molecular weight is 1340 g/mol. The second-order valence-corrected chi connectivity index (χ2v) is 26.1. The van der Waals surface area contributed by atoms with Crippen molar-refractivity contribution in [3.8, 4) is 51.0 Å². The maximum atomic E-state index is 14.4. The van der Waals surface area contributed by atoms with Gasteiger partial charge in [0.15, 0.2) is 0 Å². The Morgan fingerprint density at radius 3 is 1.56 bits per heavy atom. The van der Waals surface area contributed by atoms with E-state index in [-0.39, 0.29) is 37.0 Å². The van der Waals surface area contributed by atoms with E-state index in [0.29, 0.717) is 146 Å². The molecule has 7 aromatic rings. The molecule has 0 radical (unpaired) electrons. The fourth-order valence-electron chi connectivity index (χ4n) is 13.9. The minimum absolute atomic E-state index is 0.180. The molecule has 3 fully saturated rings. The lowest BCUT2D eigenvalue weighted by atomic mass is 9.66. The van der Waals surface area contributed by atoms with Gasteiger partial charge in [-0.1, -0.05) is 113 Å². The second-order valence-electron chi connectivity index (χ2n) is 26.1. The Morgan fingerprint density at radius 2 is 0.939 bits per heavy atom. The zero-order chi connectivity index (χ0) is 69.5. The summed E-state index contributed by atoms with van der Waals surface area (Å²) in [6.45, 7) is 12.7. The molecule has 3 aliphatic carbocycles. The number of esters is 7. The van der Waals surface area contributed by atoms with Crippen LogP contribution in [0.3, 0.4) is 0 Å². The molecule has 3 aliphatic rings. The van der Waals surface area contributed by atoms with Crippen LogP contribution in [0.5, 0.6) is 28.7 Å². The molecule has 0 atom stereocenters. The molecule has 3 saturated carbocycles. The van der Waals surface area contributed by atoms with Gasteiger partial charge in [0.2, 0.25) is 0 Å². The highest BCUT2D eigenvalue weighted by atomic mass is 16.6. The van der Waals surface area contributed by atoms with Crippen LogP contribution >= 0.6 is 0 Å². The van der Waals surface area contributed by atoms with E-state index in [1.54, 1.807) is 91.0 Å². The summed E-state index contributed by atoms with van der Waals surface area (Å²) in [5, 5.41) is 1.44. The van der Waals surface area contributed by atoms with Gasteiger partial charge in [-0.2, -0.15) is 0 Å². The van der Waals surface area contributed by atoms with Crippen LogP contribution in [0.15, 0.2) is 177 Å². The molecule has 0 saturated heterocycles. The third kappa shape index (κ3) is 19.7. The lowest BCUT2D eigenvalue weighted by Gasteiger charge is -2.43. The monoisotopic (exact) mass is 1340 g/mol. The van der Waals surface area contributed by atoms with Crippen LogP contribution < -0.4 is 23.7 Å². The van der Waals surface area contributed by atoms with E-state index in [4.69, 9.17) is 42.6 Å². The molecule has 0 aromatic heterocycles. The predicted molar refractivity (Wildman–Crippen MR) is 378 cm³/mol. The van der Waals surface area contributed by atoms with E-state index in [2.05, 4.69) is 44.3 Å². The summed E-state index contributed by atoms with van der Waals surface area (Å²) >= 11 is 0. The molecule has 0 spiro atoms. The molecule has 0 bridgehead atoms. The van der Waals surface area contributed by atoms with Gasteiger partial charge in [-0.3, -0.25) is 9.59 Å². The minimum atomic E-state index is -0.886. The van der Waals surface area contributed by atoms with Crippen molar-refractivity contribution in [1.29, 1.82) is 0 Å². The van der Waals surface area contributed by atoms with Crippen molar-refractivity contribution < 1.29 is 76.2 Å². The molecule has 0 aliphatic heterocycles. The highest BCUT2D eigenvalue weighted by Crippen LogP contribution is 2.49. The van der Waals surface area contributed by atoms with E-state index < -0.39 is 35.4 Å². The molecular formula is C83H90O16. The summed E-state index contributed by atoms with van der Waals surface area (Å²) in [7, 11) is 0. The molecule has 0 amide bonds. The van der Waals surface area contributed by atoms with Gasteiger partial charge in [0.05, 0.1) is 61.6 Å². The molecule has 0 unspecified atom stereocenters. The summed E-state index contributed by atoms with van der Waals surface area (Å²) in [5.74, 6) is 0.392. The van der Waals surface area contributed by atoms with E-state index in [9.17, 15) is 33.6 Å². The smallest absolute Gasteiger partial charge is 0.343 e. The van der Waals surface area contributed by atoms with Gasteiger partial charge in [-0.15, -0.1) is 0 Å². The maximum absolute atomic E-state index is 14.4. The zero-order valence-corrected chi connectivity index (χ0v) is 56.9. The van der Waals surface area contributed by atoms with Crippen molar-refractivity contribution in [2.24, 2.45) is 29.6 Å². The summed E-state index contributed by atoms with van der Waals surface area (Å²) in [6, 6.07) is 45.2. The molecular weight excluding hydrogens is 1250 g/mol. The van der Waals surface area contributed by atoms with E-state index >= 15 is 0 Å². The zero-order valence-electron chi connectivity index (χ0n) is 56.9. The number of unbranched alkanes of at least 4 members (excludes halogenated alkanes) is 2. The third-order valence-corrected chi connectivity index (χ3v) is 19.4. The largest absolute Gasteiger partial charge is 0.494 e. The van der Waals surface area contributed by atoms with Crippen molar-refractivity contribution in [3.63, 3.8) is 0 Å². The molecule has 16 heteroatoms. The Balaban J connectivity index is 0.828. The average Bonchev–Trinajstić information content (AvgIpc) is 0.776. The molecule has 10 rings (SSSR count). The Hall–Kier alpha value is -9.83. The first-order valence-electron chi connectivity index (χ1n) is 35.2. The van der Waals surface area contributed by atoms with Gasteiger partial charge < -0.3 is 42.6 Å². The molecule has 0 N–H and O–H groups in total. The normalized spacial score (nSPS) is 18.9. The molecule has 16 nitrogen and oxygen atoms in total. The van der Waals surface area contributed by atoms with Gasteiger partial charge in [-0.25, -0.2) is 24.0 Å². The quantitative estimate of drug-likeness (QED) is 0.0130. The molecule has 7 aromatic carbocycles. The van der Waals surface area contributed by atoms with Crippen molar-refractivity contribution >= 4 is 52.6 Å². The number of rotatable bonds is 31. The molecule has 0 heterocycles. The lowest BCUT2D eigenvalue weighted by molar-refractivity contribution is -0.152. The summed E-state index contributed by atoms with van der Waals surface area (Å²) in [4.78, 5) is 91.0. The van der Waals surface area contributed by atoms with E-state index in [1.807, 2.05) is 43.3 Å². The Bertz CT molecular complexity index is 3890. The number of benzene rings is 7. The van der Waals surface area contributed by atoms with Crippen LogP contribution in [-0.4, -0.2) is 74.8 Å². The maximum Gasteiger partial charge on any atom is 0.343 e. The van der Waals surface area contributed by atoms with Crippen molar-refractivity contribution in [1.82, 2.24) is 0 Å². The highest BCUT2D eigenvalue weighted by molar-refractivity contribution is 6.05. The Labute approximate surface area is 580 Å². The fraction of sp³-hybridized carbons (Fsp3) is 0.386. The van der Waals surface area contributed by atoms with Crippen LogP contribution in [-0.2, 0) is 43.7 Å². The molecule has 518 valence electrons. The predicted octanol–water partition coefficient (Wildman–Crippen LogP) is 17.9. The summed E-state index contributed by atoms with van der Waals surface area (Å²) in [6.07, 6.45) is 18.5. The SMILES string of the molecule is C=CC(=O)OCCCCCOC(=O)C1CCC(C(=O)Oc2ccc(C(=O)OC3(c4ccc(-c5ccc(-c6c(OC(=O)c7ccc(OCCCOC(=O)C=C)cc7)ccc7cc(C(=O)Oc8ccc(OCCC)cc8)ccc67)cc5)cc4)CCC(C4CCC(CCC)CC4)CC3)cc2)CC1. The van der Waals surface area contributed by atoms with Gasteiger partial charge in [-0.05, 0) is 232 Å². The number of hydrogen-bond donors (Lipinski definition) is 0. The number of hydrogen-bond acceptors (Lipinski definition) is 16. The Kier molecular flexibility index (Phi) is 25.9. The molecule has 99 heavy (non-hydrogen) atoms. The van der Waals surface area contributed by atoms with Crippen LogP contribution in [0.4, 0.5) is 0 Å². The number of carbonyl (C=O) groups is 7. The first kappa shape index (κ1) is 71.9. The number of carbonyl (C=O) groups excluding carboxylic acids is 7. The van der Waals surface area contributed by atoms with E-state index in [0.717, 1.165) is 71.4 Å². The third-order valence-electron chi connectivity index (χ3n) is 19.4.